The van der Waals surface area contributed by atoms with Crippen molar-refractivity contribution in [3.63, 3.8) is 0 Å². The van der Waals surface area contributed by atoms with Crippen molar-refractivity contribution >= 4 is 38.9 Å². The number of halogens is 1. The van der Waals surface area contributed by atoms with Gasteiger partial charge in [0.1, 0.15) is 5.69 Å². The number of hydrogen-bond donors (Lipinski definition) is 0. The average molecular weight is 333 g/mol. The van der Waals surface area contributed by atoms with Gasteiger partial charge in [0, 0.05) is 22.1 Å². The number of aromatic nitrogens is 2. The highest BCUT2D eigenvalue weighted by Crippen LogP contribution is 2.29. The summed E-state index contributed by atoms with van der Waals surface area (Å²) in [5, 5.41) is 4.33. The number of esters is 1. The van der Waals surface area contributed by atoms with Crippen molar-refractivity contribution in [3.8, 4) is 11.3 Å². The molecule has 0 radical (unpaired) electrons. The van der Waals surface area contributed by atoms with Crippen LogP contribution in [0, 0.1) is 0 Å². The van der Waals surface area contributed by atoms with Crippen molar-refractivity contribution in [2.24, 2.45) is 0 Å². The Kier molecular flexibility index (Phi) is 4.36. The second kappa shape index (κ2) is 5.86. The van der Waals surface area contributed by atoms with E-state index >= 15 is 0 Å². The average Bonchev–Trinajstić information content (AvgIpc) is 2.89. The summed E-state index contributed by atoms with van der Waals surface area (Å²) >= 11 is 6.50. The van der Waals surface area contributed by atoms with Crippen LogP contribution in [0.15, 0.2) is 28.5 Å². The van der Waals surface area contributed by atoms with Crippen molar-refractivity contribution in [2.75, 3.05) is 12.9 Å². The SMILES string of the molecule is COC(=O)CS(=O)(=O)c1snnc1-c1ccc(Cl)cc1. The van der Waals surface area contributed by atoms with Crippen molar-refractivity contribution in [2.45, 2.75) is 4.21 Å². The number of carbonyl (C=O) groups excluding carboxylic acids is 1. The van der Waals surface area contributed by atoms with Crippen LogP contribution in [0.5, 0.6) is 0 Å². The summed E-state index contributed by atoms with van der Waals surface area (Å²) < 4.78 is 32.2. The molecule has 0 amide bonds. The van der Waals surface area contributed by atoms with E-state index in [-0.39, 0.29) is 9.90 Å². The third-order valence-electron chi connectivity index (χ3n) is 2.39. The fraction of sp³-hybridized carbons (Fsp3) is 0.182. The van der Waals surface area contributed by atoms with E-state index < -0.39 is 21.6 Å². The van der Waals surface area contributed by atoms with Gasteiger partial charge in [0.05, 0.1) is 7.11 Å². The number of nitrogens with zero attached hydrogens (tertiary/aromatic N) is 2. The van der Waals surface area contributed by atoms with E-state index in [1.54, 1.807) is 24.3 Å². The Bertz CT molecular complexity index is 725. The number of methoxy groups -OCH3 is 1. The van der Waals surface area contributed by atoms with Crippen LogP contribution in [-0.4, -0.2) is 36.8 Å². The van der Waals surface area contributed by atoms with Crippen LogP contribution in [0.4, 0.5) is 0 Å². The smallest absolute Gasteiger partial charge is 0.321 e. The molecule has 0 N–H and O–H groups in total. The summed E-state index contributed by atoms with van der Waals surface area (Å²) in [6, 6.07) is 6.51. The number of ether oxygens (including phenoxy) is 1. The Hall–Kier alpha value is -1.51. The highest BCUT2D eigenvalue weighted by molar-refractivity contribution is 7.94. The standard InChI is InChI=1S/C11H9ClN2O4S2/c1-18-9(15)6-20(16,17)11-10(13-14-19-11)7-2-4-8(12)5-3-7/h2-5H,6H2,1H3. The fourth-order valence-corrected chi connectivity index (χ4v) is 3.76. The molecule has 0 spiro atoms. The molecule has 0 saturated heterocycles. The Morgan fingerprint density at radius 1 is 1.35 bits per heavy atom. The van der Waals surface area contributed by atoms with Gasteiger partial charge in [-0.25, -0.2) is 8.42 Å². The number of rotatable bonds is 4. The molecule has 0 fully saturated rings. The molecule has 106 valence electrons. The van der Waals surface area contributed by atoms with Crippen LogP contribution in [0.1, 0.15) is 0 Å². The molecule has 0 aliphatic carbocycles. The first-order valence-electron chi connectivity index (χ1n) is 5.32. The molecule has 2 rings (SSSR count). The van der Waals surface area contributed by atoms with Crippen molar-refractivity contribution in [1.29, 1.82) is 0 Å². The Morgan fingerprint density at radius 2 is 2.00 bits per heavy atom. The lowest BCUT2D eigenvalue weighted by molar-refractivity contribution is -0.137. The zero-order chi connectivity index (χ0) is 14.8. The van der Waals surface area contributed by atoms with Gasteiger partial charge in [-0.15, -0.1) is 5.10 Å². The molecule has 1 heterocycles. The lowest BCUT2D eigenvalue weighted by atomic mass is 10.2. The van der Waals surface area contributed by atoms with Crippen LogP contribution in [0.2, 0.25) is 5.02 Å². The second-order valence-corrected chi connectivity index (χ2v) is 7.13. The predicted molar refractivity (Wildman–Crippen MR) is 74.4 cm³/mol. The van der Waals surface area contributed by atoms with Crippen molar-refractivity contribution in [1.82, 2.24) is 9.59 Å². The molecule has 0 aliphatic heterocycles. The van der Waals surface area contributed by atoms with Crippen LogP contribution >= 0.6 is 23.1 Å². The minimum atomic E-state index is -3.83. The summed E-state index contributed by atoms with van der Waals surface area (Å²) in [7, 11) is -2.70. The van der Waals surface area contributed by atoms with Crippen LogP contribution < -0.4 is 0 Å². The first-order chi connectivity index (χ1) is 9.44. The maximum atomic E-state index is 12.1. The summed E-state index contributed by atoms with van der Waals surface area (Å²) in [5.41, 5.74) is 0.766. The van der Waals surface area contributed by atoms with E-state index in [2.05, 4.69) is 14.3 Å². The summed E-state index contributed by atoms with van der Waals surface area (Å²) in [6.07, 6.45) is 0. The van der Waals surface area contributed by atoms with Gasteiger partial charge in [0.2, 0.25) is 9.84 Å². The number of carbonyl (C=O) groups is 1. The number of hydrogen-bond acceptors (Lipinski definition) is 7. The summed E-state index contributed by atoms with van der Waals surface area (Å²) in [5.74, 6) is -1.58. The molecular weight excluding hydrogens is 324 g/mol. The first-order valence-corrected chi connectivity index (χ1v) is 8.12. The third kappa shape index (κ3) is 3.14. The maximum absolute atomic E-state index is 12.1. The molecule has 0 atom stereocenters. The molecule has 0 bridgehead atoms. The lowest BCUT2D eigenvalue weighted by Crippen LogP contribution is -2.17. The molecule has 0 aliphatic rings. The molecule has 1 aromatic heterocycles. The first kappa shape index (κ1) is 14.9. The highest BCUT2D eigenvalue weighted by atomic mass is 35.5. The molecule has 0 saturated carbocycles. The maximum Gasteiger partial charge on any atom is 0.321 e. The normalized spacial score (nSPS) is 11.3. The number of benzene rings is 1. The van der Waals surface area contributed by atoms with Gasteiger partial charge in [-0.2, -0.15) is 0 Å². The van der Waals surface area contributed by atoms with E-state index in [1.807, 2.05) is 0 Å². The Morgan fingerprint density at radius 3 is 2.60 bits per heavy atom. The van der Waals surface area contributed by atoms with E-state index in [0.29, 0.717) is 10.6 Å². The fourth-order valence-electron chi connectivity index (χ4n) is 1.45. The molecule has 9 heteroatoms. The van der Waals surface area contributed by atoms with E-state index in [0.717, 1.165) is 18.6 Å². The van der Waals surface area contributed by atoms with Crippen molar-refractivity contribution < 1.29 is 17.9 Å². The molecule has 0 unspecified atom stereocenters. The predicted octanol–water partition coefficient (Wildman–Crippen LogP) is 1.81. The monoisotopic (exact) mass is 332 g/mol. The lowest BCUT2D eigenvalue weighted by Gasteiger charge is -2.03. The van der Waals surface area contributed by atoms with Gasteiger partial charge in [-0.3, -0.25) is 4.79 Å². The third-order valence-corrected chi connectivity index (χ3v) is 5.53. The van der Waals surface area contributed by atoms with E-state index in [1.165, 1.54) is 0 Å². The van der Waals surface area contributed by atoms with Gasteiger partial charge in [-0.1, -0.05) is 28.2 Å². The quantitative estimate of drug-likeness (QED) is 0.794. The Balaban J connectivity index is 2.43. The molecule has 6 nitrogen and oxygen atoms in total. The van der Waals surface area contributed by atoms with Gasteiger partial charge >= 0.3 is 5.97 Å². The zero-order valence-corrected chi connectivity index (χ0v) is 12.6. The number of sulfone groups is 1. The minimum absolute atomic E-state index is 0.0646. The van der Waals surface area contributed by atoms with Crippen LogP contribution in [-0.2, 0) is 19.4 Å². The van der Waals surface area contributed by atoms with E-state index in [9.17, 15) is 13.2 Å². The minimum Gasteiger partial charge on any atom is -0.468 e. The zero-order valence-electron chi connectivity index (χ0n) is 10.2. The molecule has 2 aromatic rings. The second-order valence-electron chi connectivity index (χ2n) is 3.75. The summed E-state index contributed by atoms with van der Waals surface area (Å²) in [6.45, 7) is 0. The van der Waals surface area contributed by atoms with Gasteiger partial charge < -0.3 is 4.74 Å². The van der Waals surface area contributed by atoms with Gasteiger partial charge in [-0.05, 0) is 12.1 Å². The van der Waals surface area contributed by atoms with Crippen LogP contribution in [0.25, 0.3) is 11.3 Å². The highest BCUT2D eigenvalue weighted by Gasteiger charge is 2.27. The molecule has 20 heavy (non-hydrogen) atoms. The summed E-state index contributed by atoms with van der Waals surface area (Å²) in [4.78, 5) is 11.2. The Labute approximate surface area is 124 Å². The van der Waals surface area contributed by atoms with E-state index in [4.69, 9.17) is 11.6 Å². The molecular formula is C11H9ClN2O4S2. The topological polar surface area (TPSA) is 86.2 Å². The van der Waals surface area contributed by atoms with Crippen molar-refractivity contribution in [3.05, 3.63) is 29.3 Å². The van der Waals surface area contributed by atoms with Crippen LogP contribution in [0.3, 0.4) is 0 Å². The largest absolute Gasteiger partial charge is 0.468 e. The van der Waals surface area contributed by atoms with Gasteiger partial charge in [0.15, 0.2) is 9.96 Å². The molecule has 1 aromatic carbocycles. The van der Waals surface area contributed by atoms with Gasteiger partial charge in [0.25, 0.3) is 0 Å².